The van der Waals surface area contributed by atoms with Crippen LogP contribution in [0.4, 0.5) is 11.4 Å². The molecule has 0 aliphatic carbocycles. The number of rotatable bonds is 15. The molecule has 2 rings (SSSR count). The Labute approximate surface area is 199 Å². The molecule has 0 spiro atoms. The molecule has 2 aromatic carbocycles. The first-order valence-corrected chi connectivity index (χ1v) is 13.1. The van der Waals surface area contributed by atoms with Crippen molar-refractivity contribution in [1.29, 1.82) is 0 Å². The summed E-state index contributed by atoms with van der Waals surface area (Å²) >= 11 is 0. The number of anilines is 2. The van der Waals surface area contributed by atoms with Crippen molar-refractivity contribution in [3.05, 3.63) is 66.1 Å². The summed E-state index contributed by atoms with van der Waals surface area (Å²) in [4.78, 5) is 4.83. The Balaban J connectivity index is 2.10. The Morgan fingerprint density at radius 2 is 1.19 bits per heavy atom. The van der Waals surface area contributed by atoms with Crippen molar-refractivity contribution in [3.8, 4) is 0 Å². The van der Waals surface area contributed by atoms with E-state index in [-0.39, 0.29) is 0 Å². The van der Waals surface area contributed by atoms with Crippen molar-refractivity contribution in [2.24, 2.45) is 5.92 Å². The number of benzene rings is 2. The summed E-state index contributed by atoms with van der Waals surface area (Å²) in [6.07, 6.45) is 8.81. The van der Waals surface area contributed by atoms with Gasteiger partial charge in [0.2, 0.25) is 0 Å². The fraction of sp³-hybridized carbons (Fsp3) is 0.567. The van der Waals surface area contributed by atoms with Crippen LogP contribution in [0.25, 0.3) is 0 Å². The quantitative estimate of drug-likeness (QED) is 0.278. The van der Waals surface area contributed by atoms with Crippen LogP contribution < -0.4 is 9.80 Å². The van der Waals surface area contributed by atoms with Crippen LogP contribution >= 0.6 is 0 Å². The standard InChI is InChI=1S/C30H47N2/c1-7-13-14-26(23-25-15-19-29(20-16-25)31(9-3)10-4)24-27(8-2)28-17-21-30(22-18-28)32(11-5)12-6/h15-22,24,26-27H,7-14,23H2,1-6H3. The van der Waals surface area contributed by atoms with Crippen molar-refractivity contribution in [1.82, 2.24) is 0 Å². The number of unbranched alkanes of at least 4 members (excludes halogenated alkanes) is 1. The zero-order valence-electron chi connectivity index (χ0n) is 21.6. The Morgan fingerprint density at radius 3 is 1.62 bits per heavy atom. The van der Waals surface area contributed by atoms with E-state index in [1.54, 1.807) is 0 Å². The third-order valence-electron chi connectivity index (χ3n) is 6.89. The summed E-state index contributed by atoms with van der Waals surface area (Å²) in [6, 6.07) is 18.6. The normalized spacial score (nSPS) is 13.1. The topological polar surface area (TPSA) is 6.48 Å². The van der Waals surface area contributed by atoms with Crippen molar-refractivity contribution < 1.29 is 0 Å². The van der Waals surface area contributed by atoms with Gasteiger partial charge in [-0.15, -0.1) is 0 Å². The second kappa shape index (κ2) is 14.2. The highest BCUT2D eigenvalue weighted by molar-refractivity contribution is 5.49. The molecule has 0 heterocycles. The molecule has 32 heavy (non-hydrogen) atoms. The van der Waals surface area contributed by atoms with E-state index >= 15 is 0 Å². The zero-order valence-corrected chi connectivity index (χ0v) is 21.6. The van der Waals surface area contributed by atoms with Gasteiger partial charge < -0.3 is 9.80 Å². The lowest BCUT2D eigenvalue weighted by atomic mass is 9.82. The van der Waals surface area contributed by atoms with E-state index in [1.807, 2.05) is 0 Å². The van der Waals surface area contributed by atoms with Gasteiger partial charge in [0.05, 0.1) is 0 Å². The maximum atomic E-state index is 2.65. The van der Waals surface area contributed by atoms with Crippen LogP contribution in [-0.4, -0.2) is 26.2 Å². The Kier molecular flexibility index (Phi) is 11.7. The van der Waals surface area contributed by atoms with Crippen LogP contribution in [0.15, 0.2) is 48.5 Å². The first kappa shape index (κ1) is 26.3. The van der Waals surface area contributed by atoms with E-state index in [4.69, 9.17) is 0 Å². The monoisotopic (exact) mass is 435 g/mol. The molecular formula is C30H47N2. The Bertz CT molecular complexity index is 726. The first-order valence-electron chi connectivity index (χ1n) is 13.1. The lowest BCUT2D eigenvalue weighted by molar-refractivity contribution is 0.483. The Hall–Kier alpha value is -1.96. The molecule has 0 saturated heterocycles. The maximum Gasteiger partial charge on any atom is 0.0366 e. The average molecular weight is 436 g/mol. The van der Waals surface area contributed by atoms with E-state index in [0.29, 0.717) is 11.8 Å². The highest BCUT2D eigenvalue weighted by Gasteiger charge is 2.18. The smallest absolute Gasteiger partial charge is 0.0366 e. The van der Waals surface area contributed by atoms with Crippen LogP contribution in [0.1, 0.15) is 84.3 Å². The van der Waals surface area contributed by atoms with Crippen molar-refractivity contribution >= 4 is 11.4 Å². The summed E-state index contributed by atoms with van der Waals surface area (Å²) < 4.78 is 0. The van der Waals surface area contributed by atoms with Crippen molar-refractivity contribution in [2.45, 2.75) is 79.6 Å². The van der Waals surface area contributed by atoms with Crippen molar-refractivity contribution in [2.75, 3.05) is 36.0 Å². The van der Waals surface area contributed by atoms with Gasteiger partial charge in [-0.05, 0) is 101 Å². The molecular weight excluding hydrogens is 388 g/mol. The fourth-order valence-corrected chi connectivity index (χ4v) is 4.80. The van der Waals surface area contributed by atoms with E-state index in [2.05, 4.69) is 106 Å². The summed E-state index contributed by atoms with van der Waals surface area (Å²) in [5.41, 5.74) is 5.60. The lowest BCUT2D eigenvalue weighted by Gasteiger charge is -2.25. The molecule has 0 fully saturated rings. The first-order chi connectivity index (χ1) is 15.6. The van der Waals surface area contributed by atoms with Gasteiger partial charge in [-0.25, -0.2) is 0 Å². The molecule has 0 bridgehead atoms. The van der Waals surface area contributed by atoms with Crippen LogP contribution in [0.2, 0.25) is 0 Å². The third-order valence-corrected chi connectivity index (χ3v) is 6.89. The molecule has 0 aliphatic heterocycles. The molecule has 0 aromatic heterocycles. The van der Waals surface area contributed by atoms with Gasteiger partial charge in [0, 0.05) is 37.6 Å². The molecule has 2 atom stereocenters. The minimum absolute atomic E-state index is 0.526. The summed E-state index contributed by atoms with van der Waals surface area (Å²) in [6.45, 7) is 17.8. The number of nitrogens with zero attached hydrogens (tertiary/aromatic N) is 2. The largest absolute Gasteiger partial charge is 0.372 e. The van der Waals surface area contributed by atoms with Gasteiger partial charge in [-0.3, -0.25) is 0 Å². The van der Waals surface area contributed by atoms with E-state index < -0.39 is 0 Å². The SMILES string of the molecule is CCCCC([CH]C(CC)c1ccc(N(CC)CC)cc1)Cc1ccc(N(CC)CC)cc1. The number of hydrogen-bond acceptors (Lipinski definition) is 2. The molecule has 177 valence electrons. The second-order valence-electron chi connectivity index (χ2n) is 8.92. The minimum atomic E-state index is 0.526. The summed E-state index contributed by atoms with van der Waals surface area (Å²) in [5, 5.41) is 0. The third kappa shape index (κ3) is 7.57. The molecule has 2 heteroatoms. The zero-order chi connectivity index (χ0) is 23.3. The maximum absolute atomic E-state index is 2.65. The van der Waals surface area contributed by atoms with Crippen LogP contribution in [0.5, 0.6) is 0 Å². The van der Waals surface area contributed by atoms with Crippen LogP contribution in [0.3, 0.4) is 0 Å². The van der Waals surface area contributed by atoms with Gasteiger partial charge in [-0.1, -0.05) is 51.0 Å². The fourth-order valence-electron chi connectivity index (χ4n) is 4.80. The van der Waals surface area contributed by atoms with Gasteiger partial charge in [0.15, 0.2) is 0 Å². The molecule has 1 radical (unpaired) electrons. The highest BCUT2D eigenvalue weighted by Crippen LogP contribution is 2.32. The summed E-state index contributed by atoms with van der Waals surface area (Å²) in [7, 11) is 0. The molecule has 0 aliphatic rings. The molecule has 0 N–H and O–H groups in total. The van der Waals surface area contributed by atoms with Crippen molar-refractivity contribution in [3.63, 3.8) is 0 Å². The molecule has 2 nitrogen and oxygen atoms in total. The summed E-state index contributed by atoms with van der Waals surface area (Å²) in [5.74, 6) is 1.15. The van der Waals surface area contributed by atoms with E-state index in [1.165, 1.54) is 41.8 Å². The minimum Gasteiger partial charge on any atom is -0.372 e. The molecule has 0 saturated carbocycles. The van der Waals surface area contributed by atoms with Crippen LogP contribution in [0, 0.1) is 12.3 Å². The Morgan fingerprint density at radius 1 is 0.688 bits per heavy atom. The molecule has 2 unspecified atom stereocenters. The average Bonchev–Trinajstić information content (AvgIpc) is 2.84. The van der Waals surface area contributed by atoms with Crippen LogP contribution in [-0.2, 0) is 6.42 Å². The molecule has 0 amide bonds. The highest BCUT2D eigenvalue weighted by atomic mass is 15.1. The number of hydrogen-bond donors (Lipinski definition) is 0. The lowest BCUT2D eigenvalue weighted by Crippen LogP contribution is -2.21. The van der Waals surface area contributed by atoms with Gasteiger partial charge in [0.25, 0.3) is 0 Å². The van der Waals surface area contributed by atoms with Gasteiger partial charge in [0.1, 0.15) is 0 Å². The second-order valence-corrected chi connectivity index (χ2v) is 8.92. The molecule has 2 aromatic rings. The van der Waals surface area contributed by atoms with E-state index in [0.717, 1.165) is 39.0 Å². The van der Waals surface area contributed by atoms with E-state index in [9.17, 15) is 0 Å². The predicted molar refractivity (Wildman–Crippen MR) is 144 cm³/mol. The van der Waals surface area contributed by atoms with Gasteiger partial charge in [-0.2, -0.15) is 0 Å². The van der Waals surface area contributed by atoms with Gasteiger partial charge >= 0.3 is 0 Å². The predicted octanol–water partition coefficient (Wildman–Crippen LogP) is 8.13.